The predicted octanol–water partition coefficient (Wildman–Crippen LogP) is 4.65. The molecule has 3 heterocycles. The number of aromatic nitrogens is 4. The molecule has 0 spiro atoms. The Morgan fingerprint density at radius 2 is 1.79 bits per heavy atom. The number of benzene rings is 1. The van der Waals surface area contributed by atoms with Crippen LogP contribution in [0.2, 0.25) is 0 Å². The van der Waals surface area contributed by atoms with Crippen molar-refractivity contribution in [1.29, 1.82) is 0 Å². The average molecular weight is 478 g/mol. The van der Waals surface area contributed by atoms with Gasteiger partial charge < -0.3 is 4.90 Å². The van der Waals surface area contributed by atoms with Gasteiger partial charge in [0.15, 0.2) is 5.65 Å². The molecule has 0 N–H and O–H groups in total. The lowest BCUT2D eigenvalue weighted by atomic mass is 9.81. The lowest BCUT2D eigenvalue weighted by molar-refractivity contribution is 0.190. The molecule has 3 aromatic heterocycles. The molecule has 1 aliphatic carbocycles. The summed E-state index contributed by atoms with van der Waals surface area (Å²) in [5.41, 5.74) is 3.34. The molecule has 0 bridgehead atoms. The average Bonchev–Trinajstić information content (AvgIpc) is 3.47. The van der Waals surface area contributed by atoms with E-state index in [1.807, 2.05) is 25.5 Å². The van der Waals surface area contributed by atoms with Crippen molar-refractivity contribution in [3.05, 3.63) is 66.7 Å². The minimum absolute atomic E-state index is 0.244. The Hall–Kier alpha value is -2.97. The minimum atomic E-state index is -3.78. The van der Waals surface area contributed by atoms with Crippen molar-refractivity contribution >= 4 is 21.1 Å². The molecule has 0 aliphatic heterocycles. The Kier molecular flexibility index (Phi) is 6.04. The Labute approximate surface area is 201 Å². The van der Waals surface area contributed by atoms with Crippen molar-refractivity contribution in [1.82, 2.24) is 23.6 Å². The van der Waals surface area contributed by atoms with Crippen molar-refractivity contribution in [2.45, 2.75) is 49.5 Å². The molecule has 1 aromatic carbocycles. The van der Waals surface area contributed by atoms with Crippen molar-refractivity contribution in [2.75, 3.05) is 13.6 Å². The molecule has 34 heavy (non-hydrogen) atoms. The SMILES string of the molecule is CCN(C)[C@H]1CC[C@H](c2cnc3c(c2)c(-c2cnn(C)c2)cn3S(=O)(=O)c2ccccc2)CC1. The summed E-state index contributed by atoms with van der Waals surface area (Å²) in [6, 6.07) is 11.3. The number of rotatable bonds is 6. The van der Waals surface area contributed by atoms with Crippen molar-refractivity contribution in [2.24, 2.45) is 7.05 Å². The summed E-state index contributed by atoms with van der Waals surface area (Å²) in [6.07, 6.45) is 11.8. The lowest BCUT2D eigenvalue weighted by Gasteiger charge is -2.34. The first-order valence-electron chi connectivity index (χ1n) is 11.9. The molecular formula is C26H31N5O2S. The van der Waals surface area contributed by atoms with Gasteiger partial charge in [-0.15, -0.1) is 0 Å². The Morgan fingerprint density at radius 3 is 2.44 bits per heavy atom. The zero-order valence-corrected chi connectivity index (χ0v) is 20.7. The second-order valence-corrected chi connectivity index (χ2v) is 11.1. The van der Waals surface area contributed by atoms with Gasteiger partial charge in [0, 0.05) is 48.2 Å². The lowest BCUT2D eigenvalue weighted by Crippen LogP contribution is -2.34. The van der Waals surface area contributed by atoms with Crippen molar-refractivity contribution in [3.8, 4) is 11.1 Å². The summed E-state index contributed by atoms with van der Waals surface area (Å²) < 4.78 is 30.1. The van der Waals surface area contributed by atoms with Crippen LogP contribution in [0.3, 0.4) is 0 Å². The standard InChI is InChI=1S/C26H31N5O2S/c1-4-29(2)22-12-10-19(11-13-22)20-14-24-25(21-16-28-30(3)17-21)18-31(26(24)27-15-20)34(32,33)23-8-6-5-7-9-23/h5-9,14-19,22H,4,10-13H2,1-3H3/t19-,22-. The van der Waals surface area contributed by atoms with Crippen molar-refractivity contribution < 1.29 is 8.42 Å². The second-order valence-electron chi connectivity index (χ2n) is 9.28. The Balaban J connectivity index is 1.59. The van der Waals surface area contributed by atoms with Gasteiger partial charge in [0.1, 0.15) is 0 Å². The summed E-state index contributed by atoms with van der Waals surface area (Å²) in [7, 11) is 0.281. The monoisotopic (exact) mass is 477 g/mol. The maximum Gasteiger partial charge on any atom is 0.269 e. The van der Waals surface area contributed by atoms with Gasteiger partial charge in [-0.3, -0.25) is 4.68 Å². The van der Waals surface area contributed by atoms with Crippen molar-refractivity contribution in [3.63, 3.8) is 0 Å². The first kappa shape index (κ1) is 22.8. The number of hydrogen-bond acceptors (Lipinski definition) is 5. The number of pyridine rings is 1. The molecule has 178 valence electrons. The molecule has 0 amide bonds. The highest BCUT2D eigenvalue weighted by Gasteiger charge is 2.27. The minimum Gasteiger partial charge on any atom is -0.304 e. The van der Waals surface area contributed by atoms with E-state index in [4.69, 9.17) is 4.98 Å². The van der Waals surface area contributed by atoms with Gasteiger partial charge in [-0.2, -0.15) is 5.10 Å². The zero-order valence-electron chi connectivity index (χ0n) is 19.9. The summed E-state index contributed by atoms with van der Waals surface area (Å²) in [6.45, 7) is 3.28. The molecule has 0 saturated heterocycles. The Bertz CT molecular complexity index is 1400. The quantitative estimate of drug-likeness (QED) is 0.404. The van der Waals surface area contributed by atoms with Gasteiger partial charge in [-0.25, -0.2) is 17.4 Å². The summed E-state index contributed by atoms with van der Waals surface area (Å²) in [5, 5.41) is 5.15. The van der Waals surface area contributed by atoms with E-state index in [1.54, 1.807) is 41.3 Å². The number of fused-ring (bicyclic) bond motifs is 1. The molecular weight excluding hydrogens is 446 g/mol. The number of hydrogen-bond donors (Lipinski definition) is 0. The topological polar surface area (TPSA) is 73.0 Å². The van der Waals surface area contributed by atoms with Gasteiger partial charge in [-0.05, 0) is 69.0 Å². The highest BCUT2D eigenvalue weighted by molar-refractivity contribution is 7.90. The van der Waals surface area contributed by atoms with Gasteiger partial charge in [0.25, 0.3) is 10.0 Å². The molecule has 0 radical (unpaired) electrons. The number of aryl methyl sites for hydroxylation is 1. The van der Waals surface area contributed by atoms with Gasteiger partial charge in [0.05, 0.1) is 11.1 Å². The molecule has 1 saturated carbocycles. The number of nitrogens with zero attached hydrogens (tertiary/aromatic N) is 5. The molecule has 7 nitrogen and oxygen atoms in total. The van der Waals surface area contributed by atoms with Crippen LogP contribution in [-0.4, -0.2) is 51.7 Å². The summed E-state index contributed by atoms with van der Waals surface area (Å²) >= 11 is 0. The third-order valence-corrected chi connectivity index (χ3v) is 8.90. The highest BCUT2D eigenvalue weighted by atomic mass is 32.2. The maximum absolute atomic E-state index is 13.5. The van der Waals surface area contributed by atoms with Crippen LogP contribution in [0.4, 0.5) is 0 Å². The summed E-state index contributed by atoms with van der Waals surface area (Å²) in [5.74, 6) is 0.439. The van der Waals surface area contributed by atoms with E-state index >= 15 is 0 Å². The van der Waals surface area contributed by atoms with Crippen LogP contribution in [0.5, 0.6) is 0 Å². The van der Waals surface area contributed by atoms with Crippen LogP contribution in [0.1, 0.15) is 44.1 Å². The normalized spacial score (nSPS) is 19.2. The van der Waals surface area contributed by atoms with E-state index in [9.17, 15) is 8.42 Å². The van der Waals surface area contributed by atoms with Gasteiger partial charge in [0.2, 0.25) is 0 Å². The van der Waals surface area contributed by atoms with E-state index in [0.717, 1.165) is 35.9 Å². The maximum atomic E-state index is 13.5. The Morgan fingerprint density at radius 1 is 1.06 bits per heavy atom. The molecule has 5 rings (SSSR count). The van der Waals surface area contributed by atoms with E-state index in [-0.39, 0.29) is 4.90 Å². The van der Waals surface area contributed by atoms with Crippen LogP contribution in [0.15, 0.2) is 66.1 Å². The van der Waals surface area contributed by atoms with Gasteiger partial charge in [-0.1, -0.05) is 25.1 Å². The van der Waals surface area contributed by atoms with Crippen LogP contribution in [-0.2, 0) is 17.1 Å². The van der Waals surface area contributed by atoms with Crippen LogP contribution in [0, 0.1) is 0 Å². The highest BCUT2D eigenvalue weighted by Crippen LogP contribution is 2.38. The van der Waals surface area contributed by atoms with E-state index in [2.05, 4.69) is 30.0 Å². The third-order valence-electron chi connectivity index (χ3n) is 7.24. The summed E-state index contributed by atoms with van der Waals surface area (Å²) in [4.78, 5) is 7.40. The third kappa shape index (κ3) is 4.05. The molecule has 8 heteroatoms. The fourth-order valence-electron chi connectivity index (χ4n) is 5.11. The molecule has 4 aromatic rings. The van der Waals surface area contributed by atoms with Crippen LogP contribution >= 0.6 is 0 Å². The van der Waals surface area contributed by atoms with E-state index in [0.29, 0.717) is 17.6 Å². The van der Waals surface area contributed by atoms with Crippen LogP contribution in [0.25, 0.3) is 22.2 Å². The largest absolute Gasteiger partial charge is 0.304 e. The molecule has 1 fully saturated rings. The molecule has 1 aliphatic rings. The second kappa shape index (κ2) is 9.00. The van der Waals surface area contributed by atoms with Crippen LogP contribution < -0.4 is 0 Å². The van der Waals surface area contributed by atoms with E-state index in [1.165, 1.54) is 22.4 Å². The molecule has 0 atom stereocenters. The first-order chi connectivity index (χ1) is 16.4. The van der Waals surface area contributed by atoms with E-state index < -0.39 is 10.0 Å². The predicted molar refractivity (Wildman–Crippen MR) is 134 cm³/mol. The fraction of sp³-hybridized carbons (Fsp3) is 0.385. The fourth-order valence-corrected chi connectivity index (χ4v) is 6.45. The zero-order chi connectivity index (χ0) is 23.9. The first-order valence-corrected chi connectivity index (χ1v) is 13.3. The smallest absolute Gasteiger partial charge is 0.269 e. The molecule has 0 unspecified atom stereocenters. The van der Waals surface area contributed by atoms with Gasteiger partial charge >= 0.3 is 0 Å².